The number of pyridine rings is 1. The first-order valence-corrected chi connectivity index (χ1v) is 12.5. The fourth-order valence-electron chi connectivity index (χ4n) is 3.72. The normalized spacial score (nSPS) is 16.7. The molecule has 0 aliphatic carbocycles. The van der Waals surface area contributed by atoms with Crippen LogP contribution in [0.25, 0.3) is 10.9 Å². The summed E-state index contributed by atoms with van der Waals surface area (Å²) < 4.78 is 55.4. The Kier molecular flexibility index (Phi) is 5.39. The van der Waals surface area contributed by atoms with E-state index in [0.717, 1.165) is 5.56 Å². The van der Waals surface area contributed by atoms with Gasteiger partial charge >= 0.3 is 0 Å². The minimum atomic E-state index is -3.79. The number of benzene rings is 2. The minimum Gasteiger partial charge on any atom is -0.256 e. The van der Waals surface area contributed by atoms with Gasteiger partial charge in [0.25, 0.3) is 0 Å². The highest BCUT2D eigenvalue weighted by Crippen LogP contribution is 2.29. The highest BCUT2D eigenvalue weighted by Gasteiger charge is 2.35. The van der Waals surface area contributed by atoms with E-state index in [-0.39, 0.29) is 36.0 Å². The molecule has 30 heavy (non-hydrogen) atoms. The second-order valence-corrected chi connectivity index (χ2v) is 11.2. The van der Waals surface area contributed by atoms with Gasteiger partial charge in [0, 0.05) is 37.8 Å². The maximum Gasteiger partial charge on any atom is 0.244 e. The van der Waals surface area contributed by atoms with Crippen LogP contribution in [0.3, 0.4) is 0 Å². The summed E-state index contributed by atoms with van der Waals surface area (Å²) >= 11 is 0. The average Bonchev–Trinajstić information content (AvgIpc) is 2.74. The predicted molar refractivity (Wildman–Crippen MR) is 115 cm³/mol. The van der Waals surface area contributed by atoms with Crippen LogP contribution in [0.1, 0.15) is 11.1 Å². The van der Waals surface area contributed by atoms with E-state index in [0.29, 0.717) is 16.5 Å². The molecule has 1 aliphatic rings. The number of rotatable bonds is 4. The highest BCUT2D eigenvalue weighted by atomic mass is 32.2. The number of hydrogen-bond donors (Lipinski definition) is 0. The number of aromatic nitrogens is 1. The molecule has 0 radical (unpaired) electrons. The molecule has 0 saturated carbocycles. The summed E-state index contributed by atoms with van der Waals surface area (Å²) in [5, 5.41) is 0.576. The first-order chi connectivity index (χ1) is 14.2. The van der Waals surface area contributed by atoms with Crippen molar-refractivity contribution in [2.24, 2.45) is 0 Å². The van der Waals surface area contributed by atoms with Crippen LogP contribution in [0.2, 0.25) is 0 Å². The van der Waals surface area contributed by atoms with Crippen molar-refractivity contribution in [3.63, 3.8) is 0 Å². The maximum atomic E-state index is 13.4. The zero-order valence-electron chi connectivity index (χ0n) is 16.8. The molecule has 2 aromatic carbocycles. The van der Waals surface area contributed by atoms with E-state index in [1.165, 1.54) is 8.61 Å². The van der Waals surface area contributed by atoms with Crippen LogP contribution in [0.4, 0.5) is 0 Å². The van der Waals surface area contributed by atoms with Gasteiger partial charge in [-0.3, -0.25) is 4.98 Å². The molecule has 0 atom stereocenters. The smallest absolute Gasteiger partial charge is 0.244 e. The molecule has 7 nitrogen and oxygen atoms in total. The third kappa shape index (κ3) is 3.62. The molecule has 0 unspecified atom stereocenters. The molecule has 1 aliphatic heterocycles. The average molecular weight is 446 g/mol. The lowest BCUT2D eigenvalue weighted by atomic mass is 10.1. The fourth-order valence-corrected chi connectivity index (χ4v) is 6.97. The van der Waals surface area contributed by atoms with E-state index < -0.39 is 20.0 Å². The topological polar surface area (TPSA) is 87.7 Å². The number of piperazine rings is 1. The first-order valence-electron chi connectivity index (χ1n) is 9.62. The van der Waals surface area contributed by atoms with Gasteiger partial charge in [-0.15, -0.1) is 0 Å². The van der Waals surface area contributed by atoms with Crippen LogP contribution in [0.15, 0.2) is 64.5 Å². The predicted octanol–water partition coefficient (Wildman–Crippen LogP) is 2.55. The molecule has 0 bridgehead atoms. The molecule has 9 heteroatoms. The molecule has 0 amide bonds. The van der Waals surface area contributed by atoms with Crippen LogP contribution in [-0.2, 0) is 20.0 Å². The quantitative estimate of drug-likeness (QED) is 0.616. The van der Waals surface area contributed by atoms with E-state index in [9.17, 15) is 16.8 Å². The van der Waals surface area contributed by atoms with Crippen molar-refractivity contribution >= 4 is 30.9 Å². The van der Waals surface area contributed by atoms with Gasteiger partial charge in [-0.05, 0) is 49.7 Å². The molecule has 1 saturated heterocycles. The van der Waals surface area contributed by atoms with Crippen LogP contribution in [0, 0.1) is 13.8 Å². The van der Waals surface area contributed by atoms with E-state index in [4.69, 9.17) is 0 Å². The molecular weight excluding hydrogens is 422 g/mol. The number of fused-ring (bicyclic) bond motifs is 1. The van der Waals surface area contributed by atoms with E-state index in [1.807, 2.05) is 6.92 Å². The van der Waals surface area contributed by atoms with Gasteiger partial charge in [-0.1, -0.05) is 23.8 Å². The molecule has 4 rings (SSSR count). The summed E-state index contributed by atoms with van der Waals surface area (Å²) in [5.74, 6) is 0. The first kappa shape index (κ1) is 20.9. The molecule has 0 spiro atoms. The van der Waals surface area contributed by atoms with Crippen molar-refractivity contribution in [1.29, 1.82) is 0 Å². The number of sulfonamides is 2. The van der Waals surface area contributed by atoms with E-state index in [1.54, 1.807) is 61.7 Å². The Morgan fingerprint density at radius 3 is 2.00 bits per heavy atom. The van der Waals surface area contributed by atoms with Gasteiger partial charge < -0.3 is 0 Å². The minimum absolute atomic E-state index is 0.101. The summed E-state index contributed by atoms with van der Waals surface area (Å²) in [6, 6.07) is 13.7. The Morgan fingerprint density at radius 2 is 1.37 bits per heavy atom. The zero-order chi connectivity index (χ0) is 21.5. The summed E-state index contributed by atoms with van der Waals surface area (Å²) in [6.45, 7) is 4.07. The second-order valence-electron chi connectivity index (χ2n) is 7.40. The monoisotopic (exact) mass is 445 g/mol. The second kappa shape index (κ2) is 7.73. The Hall–Kier alpha value is -2.33. The Labute approximate surface area is 177 Å². The summed E-state index contributed by atoms with van der Waals surface area (Å²) in [7, 11) is -7.44. The molecule has 3 aromatic rings. The van der Waals surface area contributed by atoms with E-state index >= 15 is 0 Å². The number of hydrogen-bond acceptors (Lipinski definition) is 5. The van der Waals surface area contributed by atoms with Crippen LogP contribution >= 0.6 is 0 Å². The van der Waals surface area contributed by atoms with E-state index in [2.05, 4.69) is 4.98 Å². The lowest BCUT2D eigenvalue weighted by molar-refractivity contribution is 0.273. The van der Waals surface area contributed by atoms with Crippen molar-refractivity contribution in [2.75, 3.05) is 26.2 Å². The number of nitrogens with zero attached hydrogens (tertiary/aromatic N) is 3. The molecule has 1 aromatic heterocycles. The SMILES string of the molecule is Cc1ccc(S(=O)(=O)N2CCN(S(=O)(=O)c3c(C)ccc4ncccc34)CC2)cc1. The lowest BCUT2D eigenvalue weighted by Gasteiger charge is -2.33. The molecular formula is C21H23N3O4S2. The lowest BCUT2D eigenvalue weighted by Crippen LogP contribution is -2.50. The summed E-state index contributed by atoms with van der Waals surface area (Å²) in [6.07, 6.45) is 1.63. The van der Waals surface area contributed by atoms with Crippen molar-refractivity contribution in [2.45, 2.75) is 23.6 Å². The zero-order valence-corrected chi connectivity index (χ0v) is 18.4. The third-order valence-electron chi connectivity index (χ3n) is 5.39. The Bertz CT molecular complexity index is 1300. The van der Waals surface area contributed by atoms with Crippen LogP contribution in [0.5, 0.6) is 0 Å². The van der Waals surface area contributed by atoms with Gasteiger partial charge in [0.2, 0.25) is 20.0 Å². The summed E-state index contributed by atoms with van der Waals surface area (Å²) in [4.78, 5) is 4.72. The highest BCUT2D eigenvalue weighted by molar-refractivity contribution is 7.89. The van der Waals surface area contributed by atoms with Crippen molar-refractivity contribution in [3.05, 3.63) is 65.9 Å². The van der Waals surface area contributed by atoms with Gasteiger partial charge in [-0.2, -0.15) is 8.61 Å². The Morgan fingerprint density at radius 1 is 0.767 bits per heavy atom. The van der Waals surface area contributed by atoms with Crippen molar-refractivity contribution in [1.82, 2.24) is 13.6 Å². The summed E-state index contributed by atoms with van der Waals surface area (Å²) in [5.41, 5.74) is 2.23. The molecule has 0 N–H and O–H groups in total. The van der Waals surface area contributed by atoms with Crippen molar-refractivity contribution < 1.29 is 16.8 Å². The number of aryl methyl sites for hydroxylation is 2. The maximum absolute atomic E-state index is 13.4. The standard InChI is InChI=1S/C21H23N3O4S2/c1-16-5-8-18(9-6-16)29(25,26)23-12-14-24(15-13-23)30(27,28)21-17(2)7-10-20-19(21)4-3-11-22-20/h3-11H,12-15H2,1-2H3. The van der Waals surface area contributed by atoms with Gasteiger partial charge in [0.1, 0.15) is 0 Å². The van der Waals surface area contributed by atoms with Crippen LogP contribution < -0.4 is 0 Å². The van der Waals surface area contributed by atoms with Gasteiger partial charge in [0.05, 0.1) is 15.3 Å². The molecule has 2 heterocycles. The Balaban J connectivity index is 1.60. The van der Waals surface area contributed by atoms with Crippen LogP contribution in [-0.4, -0.2) is 56.6 Å². The molecule has 1 fully saturated rings. The fraction of sp³-hybridized carbons (Fsp3) is 0.286. The largest absolute Gasteiger partial charge is 0.256 e. The third-order valence-corrected chi connectivity index (χ3v) is 9.40. The van der Waals surface area contributed by atoms with Gasteiger partial charge in [0.15, 0.2) is 0 Å². The molecule has 158 valence electrons. The van der Waals surface area contributed by atoms with Gasteiger partial charge in [-0.25, -0.2) is 16.8 Å². The van der Waals surface area contributed by atoms with Crippen molar-refractivity contribution in [3.8, 4) is 0 Å².